The van der Waals surface area contributed by atoms with E-state index < -0.39 is 0 Å². The maximum absolute atomic E-state index is 11.5. The number of likely N-dealkylation sites (N-methyl/N-ethyl adjacent to an activating group) is 1. The highest BCUT2D eigenvalue weighted by Crippen LogP contribution is 2.28. The summed E-state index contributed by atoms with van der Waals surface area (Å²) in [6.45, 7) is 3.87. The van der Waals surface area contributed by atoms with E-state index in [-0.39, 0.29) is 5.91 Å². The van der Waals surface area contributed by atoms with Crippen LogP contribution in [0.3, 0.4) is 0 Å². The van der Waals surface area contributed by atoms with E-state index in [2.05, 4.69) is 27.1 Å². The van der Waals surface area contributed by atoms with Gasteiger partial charge >= 0.3 is 0 Å². The molecular formula is C10H17N5OS. The fraction of sp³-hybridized carbons (Fsp3) is 0.600. The number of nitrogen functional groups attached to an aromatic ring is 1. The first-order chi connectivity index (χ1) is 8.11. The summed E-state index contributed by atoms with van der Waals surface area (Å²) in [6, 6.07) is 0. The minimum atomic E-state index is -0.166. The van der Waals surface area contributed by atoms with Gasteiger partial charge in [0.05, 0.1) is 0 Å². The number of amides is 1. The van der Waals surface area contributed by atoms with E-state index in [0.717, 1.165) is 31.3 Å². The second-order valence-corrected chi connectivity index (χ2v) is 5.06. The lowest BCUT2D eigenvalue weighted by Gasteiger charge is -2.31. The molecule has 1 aromatic rings. The highest BCUT2D eigenvalue weighted by Gasteiger charge is 2.21. The quantitative estimate of drug-likeness (QED) is 0.768. The molecule has 1 fully saturated rings. The molecule has 7 heteroatoms. The highest BCUT2D eigenvalue weighted by molar-refractivity contribution is 7.18. The summed E-state index contributed by atoms with van der Waals surface area (Å²) in [6.07, 6.45) is 0. The zero-order valence-corrected chi connectivity index (χ0v) is 10.9. The van der Waals surface area contributed by atoms with Gasteiger partial charge in [0, 0.05) is 33.2 Å². The van der Waals surface area contributed by atoms with Crippen molar-refractivity contribution >= 4 is 28.2 Å². The van der Waals surface area contributed by atoms with Gasteiger partial charge in [0.15, 0.2) is 5.13 Å². The van der Waals surface area contributed by atoms with Crippen LogP contribution in [0.15, 0.2) is 0 Å². The number of aromatic nitrogens is 1. The molecule has 94 valence electrons. The summed E-state index contributed by atoms with van der Waals surface area (Å²) in [7, 11) is 3.69. The third-order valence-corrected chi connectivity index (χ3v) is 3.98. The molecule has 3 N–H and O–H groups in total. The Morgan fingerprint density at radius 2 is 2.06 bits per heavy atom. The molecule has 0 atom stereocenters. The maximum atomic E-state index is 11.5. The van der Waals surface area contributed by atoms with E-state index in [0.29, 0.717) is 10.7 Å². The lowest BCUT2D eigenvalue weighted by Crippen LogP contribution is -2.44. The molecule has 0 saturated carbocycles. The van der Waals surface area contributed by atoms with Crippen LogP contribution in [0.25, 0.3) is 0 Å². The molecule has 2 rings (SSSR count). The van der Waals surface area contributed by atoms with E-state index in [4.69, 9.17) is 5.73 Å². The Labute approximate surface area is 104 Å². The first-order valence-corrected chi connectivity index (χ1v) is 6.35. The molecule has 0 aromatic carbocycles. The Kier molecular flexibility index (Phi) is 3.49. The van der Waals surface area contributed by atoms with Crippen LogP contribution in [-0.4, -0.2) is 56.1 Å². The molecule has 0 aliphatic carbocycles. The van der Waals surface area contributed by atoms with E-state index in [1.54, 1.807) is 7.05 Å². The minimum Gasteiger partial charge on any atom is -0.382 e. The fourth-order valence-corrected chi connectivity index (χ4v) is 2.71. The molecule has 0 radical (unpaired) electrons. The Hall–Kier alpha value is -1.34. The van der Waals surface area contributed by atoms with Crippen molar-refractivity contribution < 1.29 is 4.79 Å². The lowest BCUT2D eigenvalue weighted by atomic mass is 10.3. The number of nitrogens with zero attached hydrogens (tertiary/aromatic N) is 3. The highest BCUT2D eigenvalue weighted by atomic mass is 32.1. The van der Waals surface area contributed by atoms with Gasteiger partial charge in [0.1, 0.15) is 10.7 Å². The molecule has 1 saturated heterocycles. The van der Waals surface area contributed by atoms with Gasteiger partial charge in [-0.15, -0.1) is 0 Å². The zero-order chi connectivity index (χ0) is 12.4. The van der Waals surface area contributed by atoms with Crippen LogP contribution < -0.4 is 16.0 Å². The van der Waals surface area contributed by atoms with Crippen LogP contribution in [0, 0.1) is 0 Å². The molecule has 0 unspecified atom stereocenters. The summed E-state index contributed by atoms with van der Waals surface area (Å²) >= 11 is 1.36. The van der Waals surface area contributed by atoms with Gasteiger partial charge in [-0.25, -0.2) is 4.98 Å². The number of carbonyl (C=O) groups excluding carboxylic acids is 1. The van der Waals surface area contributed by atoms with Gasteiger partial charge in [-0.1, -0.05) is 11.3 Å². The predicted molar refractivity (Wildman–Crippen MR) is 69.6 cm³/mol. The molecule has 2 heterocycles. The van der Waals surface area contributed by atoms with Crippen molar-refractivity contribution in [2.45, 2.75) is 0 Å². The predicted octanol–water partition coefficient (Wildman–Crippen LogP) is -0.163. The average molecular weight is 255 g/mol. The molecule has 0 spiro atoms. The first-order valence-electron chi connectivity index (χ1n) is 5.53. The van der Waals surface area contributed by atoms with Crippen LogP contribution >= 0.6 is 11.3 Å². The third kappa shape index (κ3) is 2.50. The van der Waals surface area contributed by atoms with Crippen molar-refractivity contribution in [3.63, 3.8) is 0 Å². The van der Waals surface area contributed by atoms with Gasteiger partial charge in [-0.2, -0.15) is 0 Å². The van der Waals surface area contributed by atoms with E-state index in [1.165, 1.54) is 11.3 Å². The van der Waals surface area contributed by atoms with Gasteiger partial charge < -0.3 is 20.9 Å². The molecule has 17 heavy (non-hydrogen) atoms. The molecule has 0 bridgehead atoms. The van der Waals surface area contributed by atoms with Crippen molar-refractivity contribution in [1.82, 2.24) is 15.2 Å². The van der Waals surface area contributed by atoms with Gasteiger partial charge in [0.25, 0.3) is 5.91 Å². The molecule has 1 aliphatic rings. The lowest BCUT2D eigenvalue weighted by molar-refractivity contribution is 0.0968. The summed E-state index contributed by atoms with van der Waals surface area (Å²) < 4.78 is 0. The summed E-state index contributed by atoms with van der Waals surface area (Å²) in [4.78, 5) is 20.8. The number of carbonyl (C=O) groups is 1. The van der Waals surface area contributed by atoms with Crippen molar-refractivity contribution in [2.24, 2.45) is 0 Å². The van der Waals surface area contributed by atoms with Crippen LogP contribution in [0.5, 0.6) is 0 Å². The number of hydrogen-bond donors (Lipinski definition) is 2. The second kappa shape index (κ2) is 4.89. The van der Waals surface area contributed by atoms with Crippen molar-refractivity contribution in [1.29, 1.82) is 0 Å². The number of nitrogens with one attached hydrogen (secondary N) is 1. The van der Waals surface area contributed by atoms with E-state index in [9.17, 15) is 4.79 Å². The van der Waals surface area contributed by atoms with Crippen LogP contribution in [0.2, 0.25) is 0 Å². The Morgan fingerprint density at radius 1 is 1.41 bits per heavy atom. The topological polar surface area (TPSA) is 74.5 Å². The normalized spacial score (nSPS) is 17.2. The van der Waals surface area contributed by atoms with Gasteiger partial charge in [-0.3, -0.25) is 4.79 Å². The van der Waals surface area contributed by atoms with Crippen LogP contribution in [-0.2, 0) is 0 Å². The number of nitrogens with two attached hydrogens (primary N) is 1. The average Bonchev–Trinajstić information content (AvgIpc) is 2.71. The standard InChI is InChI=1S/C10H17N5OS/c1-12-9(16)7-8(11)13-10(17-7)15-5-3-14(2)4-6-15/h3-6,11H2,1-2H3,(H,12,16). The molecule has 1 amide bonds. The summed E-state index contributed by atoms with van der Waals surface area (Å²) in [5.74, 6) is 0.156. The number of hydrogen-bond acceptors (Lipinski definition) is 6. The Bertz CT molecular complexity index is 411. The molecule has 1 aromatic heterocycles. The van der Waals surface area contributed by atoms with Crippen molar-refractivity contribution in [2.75, 3.05) is 50.9 Å². The number of anilines is 2. The SMILES string of the molecule is CNC(=O)c1sc(N2CCN(C)CC2)nc1N. The number of rotatable bonds is 2. The molecule has 1 aliphatic heterocycles. The molecule has 6 nitrogen and oxygen atoms in total. The van der Waals surface area contributed by atoms with Gasteiger partial charge in [0.2, 0.25) is 0 Å². The van der Waals surface area contributed by atoms with Crippen LogP contribution in [0.4, 0.5) is 10.9 Å². The van der Waals surface area contributed by atoms with Gasteiger partial charge in [-0.05, 0) is 7.05 Å². The monoisotopic (exact) mass is 255 g/mol. The maximum Gasteiger partial charge on any atom is 0.265 e. The molecular weight excluding hydrogens is 238 g/mol. The largest absolute Gasteiger partial charge is 0.382 e. The number of piperazine rings is 1. The van der Waals surface area contributed by atoms with Crippen LogP contribution in [0.1, 0.15) is 9.67 Å². The minimum absolute atomic E-state index is 0.166. The zero-order valence-electron chi connectivity index (χ0n) is 10.1. The summed E-state index contributed by atoms with van der Waals surface area (Å²) in [5, 5.41) is 3.41. The Balaban J connectivity index is 2.14. The van der Waals surface area contributed by atoms with E-state index >= 15 is 0 Å². The Morgan fingerprint density at radius 3 is 2.65 bits per heavy atom. The third-order valence-electron chi connectivity index (χ3n) is 2.85. The van der Waals surface area contributed by atoms with Crippen molar-refractivity contribution in [3.8, 4) is 0 Å². The van der Waals surface area contributed by atoms with E-state index in [1.807, 2.05) is 0 Å². The first kappa shape index (κ1) is 12.1. The van der Waals surface area contributed by atoms with Crippen molar-refractivity contribution in [3.05, 3.63) is 4.88 Å². The summed E-state index contributed by atoms with van der Waals surface area (Å²) in [5.41, 5.74) is 5.75. The second-order valence-electron chi connectivity index (χ2n) is 4.08. The smallest absolute Gasteiger partial charge is 0.265 e. The fourth-order valence-electron chi connectivity index (χ4n) is 1.73. The number of thiazole rings is 1.